The highest BCUT2D eigenvalue weighted by Crippen LogP contribution is 2.45. The highest BCUT2D eigenvalue weighted by Gasteiger charge is 2.55. The van der Waals surface area contributed by atoms with Gasteiger partial charge >= 0.3 is 12.4 Å². The number of aliphatic hydroxyl groups is 1. The van der Waals surface area contributed by atoms with Crippen molar-refractivity contribution >= 4 is 0 Å². The van der Waals surface area contributed by atoms with Crippen molar-refractivity contribution in [2.45, 2.75) is 57.5 Å². The van der Waals surface area contributed by atoms with Gasteiger partial charge in [-0.3, -0.25) is 0 Å². The molecule has 1 unspecified atom stereocenters. The summed E-state index contributed by atoms with van der Waals surface area (Å²) in [5.41, 5.74) is -6.58. The second kappa shape index (κ2) is 9.48. The van der Waals surface area contributed by atoms with Gasteiger partial charge in [-0.05, 0) is 59.7 Å². The maximum atomic E-state index is 13.9. The second-order valence-electron chi connectivity index (χ2n) is 8.86. The summed E-state index contributed by atoms with van der Waals surface area (Å²) in [7, 11) is 1.33. The first-order valence-corrected chi connectivity index (χ1v) is 9.91. The van der Waals surface area contributed by atoms with Crippen LogP contribution in [-0.4, -0.2) is 24.0 Å². The Bertz CT molecular complexity index is 954. The number of halogens is 8. The van der Waals surface area contributed by atoms with Crippen LogP contribution in [0.15, 0.2) is 53.6 Å². The first-order valence-electron chi connectivity index (χ1n) is 9.91. The number of ether oxygens (including phenoxy) is 1. The Hall–Kier alpha value is -2.36. The molecule has 0 saturated carbocycles. The lowest BCUT2D eigenvalue weighted by Crippen LogP contribution is -2.50. The van der Waals surface area contributed by atoms with E-state index in [1.54, 1.807) is 0 Å². The van der Waals surface area contributed by atoms with Gasteiger partial charge in [-0.15, -0.1) is 0 Å². The minimum Gasteiger partial charge on any atom is -0.500 e. The molecular weight excluding hydrogens is 460 g/mol. The van der Waals surface area contributed by atoms with Crippen molar-refractivity contribution in [3.63, 3.8) is 0 Å². The van der Waals surface area contributed by atoms with Crippen LogP contribution >= 0.6 is 0 Å². The standard InChI is InChI=1S/C23H24F8O2/c1-20(2,12-15-9-17(24)5-4-6-19(15)33-3)13-21(32,23(29,30)31)11-14-7-16(22(26,27)28)10-18(25)8-14/h4-5,7-10,32H,6,11-13H2,1-3H3. The molecular formula is C23H24F8O2. The highest BCUT2D eigenvalue weighted by molar-refractivity contribution is 5.34. The maximum absolute atomic E-state index is 13.9. The normalized spacial score (nSPS) is 17.5. The number of rotatable bonds is 7. The first-order chi connectivity index (χ1) is 15.0. The molecule has 1 aromatic carbocycles. The van der Waals surface area contributed by atoms with Crippen molar-refractivity contribution in [1.29, 1.82) is 0 Å². The largest absolute Gasteiger partial charge is 0.500 e. The minimum absolute atomic E-state index is 0.124. The van der Waals surface area contributed by atoms with E-state index in [9.17, 15) is 40.2 Å². The Morgan fingerprint density at radius 1 is 0.970 bits per heavy atom. The number of benzene rings is 1. The first kappa shape index (κ1) is 26.9. The quantitative estimate of drug-likeness (QED) is 0.415. The van der Waals surface area contributed by atoms with Gasteiger partial charge in [0.15, 0.2) is 5.60 Å². The van der Waals surface area contributed by atoms with Gasteiger partial charge in [0, 0.05) is 12.8 Å². The molecule has 0 saturated heterocycles. The van der Waals surface area contributed by atoms with E-state index in [4.69, 9.17) is 4.74 Å². The SMILES string of the molecule is COC1=C(CC(C)(C)CC(O)(Cc2cc(F)cc(C(F)(F)F)c2)C(F)(F)F)C=C(F)C=CC1. The van der Waals surface area contributed by atoms with Crippen LogP contribution < -0.4 is 0 Å². The Balaban J connectivity index is 2.40. The van der Waals surface area contributed by atoms with Gasteiger partial charge < -0.3 is 9.84 Å². The van der Waals surface area contributed by atoms with Gasteiger partial charge in [0.25, 0.3) is 0 Å². The molecule has 2 nitrogen and oxygen atoms in total. The van der Waals surface area contributed by atoms with Crippen LogP contribution in [0.4, 0.5) is 35.1 Å². The van der Waals surface area contributed by atoms with Crippen LogP contribution in [0.2, 0.25) is 0 Å². The summed E-state index contributed by atoms with van der Waals surface area (Å²) in [6.07, 6.45) is -8.56. The van der Waals surface area contributed by atoms with E-state index in [1.165, 1.54) is 33.1 Å². The molecule has 2 rings (SSSR count). The van der Waals surface area contributed by atoms with E-state index in [0.717, 1.165) is 6.08 Å². The maximum Gasteiger partial charge on any atom is 0.417 e. The lowest BCUT2D eigenvalue weighted by Gasteiger charge is -2.38. The van der Waals surface area contributed by atoms with Gasteiger partial charge in [-0.25, -0.2) is 8.78 Å². The third-order valence-electron chi connectivity index (χ3n) is 5.25. The number of hydrogen-bond acceptors (Lipinski definition) is 2. The number of methoxy groups -OCH3 is 1. The Labute approximate surface area is 186 Å². The molecule has 1 atom stereocenters. The molecule has 10 heteroatoms. The molecule has 1 aromatic rings. The van der Waals surface area contributed by atoms with Crippen molar-refractivity contribution in [1.82, 2.24) is 0 Å². The average Bonchev–Trinajstić information content (AvgIpc) is 2.78. The monoisotopic (exact) mass is 484 g/mol. The van der Waals surface area contributed by atoms with Gasteiger partial charge in [0.2, 0.25) is 0 Å². The van der Waals surface area contributed by atoms with Crippen molar-refractivity contribution in [3.8, 4) is 0 Å². The zero-order valence-corrected chi connectivity index (χ0v) is 18.2. The third-order valence-corrected chi connectivity index (χ3v) is 5.25. The molecule has 0 spiro atoms. The molecule has 0 bridgehead atoms. The molecule has 0 fully saturated rings. The van der Waals surface area contributed by atoms with E-state index in [1.807, 2.05) is 0 Å². The summed E-state index contributed by atoms with van der Waals surface area (Å²) < 4.78 is 113. The topological polar surface area (TPSA) is 29.5 Å². The molecule has 1 aliphatic carbocycles. The van der Waals surface area contributed by atoms with E-state index >= 15 is 0 Å². The van der Waals surface area contributed by atoms with Gasteiger partial charge in [-0.1, -0.05) is 19.9 Å². The minimum atomic E-state index is -5.24. The zero-order chi connectivity index (χ0) is 25.2. The molecule has 0 heterocycles. The average molecular weight is 484 g/mol. The summed E-state index contributed by atoms with van der Waals surface area (Å²) in [6.45, 7) is 2.81. The zero-order valence-electron chi connectivity index (χ0n) is 18.2. The van der Waals surface area contributed by atoms with Crippen LogP contribution in [0.5, 0.6) is 0 Å². The van der Waals surface area contributed by atoms with E-state index in [0.29, 0.717) is 23.5 Å². The summed E-state index contributed by atoms with van der Waals surface area (Å²) in [5, 5.41) is 10.6. The molecule has 0 aliphatic heterocycles. The van der Waals surface area contributed by atoms with Crippen LogP contribution in [0.3, 0.4) is 0 Å². The van der Waals surface area contributed by atoms with Gasteiger partial charge in [0.05, 0.1) is 12.7 Å². The Morgan fingerprint density at radius 2 is 1.61 bits per heavy atom. The summed E-state index contributed by atoms with van der Waals surface area (Å²) >= 11 is 0. The predicted octanol–water partition coefficient (Wildman–Crippen LogP) is 7.20. The fraction of sp³-hybridized carbons (Fsp3) is 0.478. The number of alkyl halides is 6. The number of hydrogen-bond donors (Lipinski definition) is 1. The second-order valence-corrected chi connectivity index (χ2v) is 8.86. The highest BCUT2D eigenvalue weighted by atomic mass is 19.4. The predicted molar refractivity (Wildman–Crippen MR) is 106 cm³/mol. The molecule has 0 aromatic heterocycles. The van der Waals surface area contributed by atoms with Crippen LogP contribution in [0, 0.1) is 11.2 Å². The number of allylic oxidation sites excluding steroid dienone is 5. The molecule has 1 N–H and O–H groups in total. The van der Waals surface area contributed by atoms with Crippen molar-refractivity contribution < 1.29 is 45.0 Å². The van der Waals surface area contributed by atoms with Gasteiger partial charge in [0.1, 0.15) is 17.4 Å². The fourth-order valence-corrected chi connectivity index (χ4v) is 3.96. The smallest absolute Gasteiger partial charge is 0.417 e. The molecule has 33 heavy (non-hydrogen) atoms. The lowest BCUT2D eigenvalue weighted by atomic mass is 9.73. The van der Waals surface area contributed by atoms with Crippen LogP contribution in [0.25, 0.3) is 0 Å². The van der Waals surface area contributed by atoms with Crippen molar-refractivity contribution in [2.24, 2.45) is 5.41 Å². The van der Waals surface area contributed by atoms with E-state index < -0.39 is 59.0 Å². The van der Waals surface area contributed by atoms with E-state index in [2.05, 4.69) is 0 Å². The van der Waals surface area contributed by atoms with Crippen LogP contribution in [0.1, 0.15) is 44.2 Å². The lowest BCUT2D eigenvalue weighted by molar-refractivity contribution is -0.269. The van der Waals surface area contributed by atoms with E-state index in [-0.39, 0.29) is 18.9 Å². The molecule has 0 radical (unpaired) electrons. The van der Waals surface area contributed by atoms with Crippen molar-refractivity contribution in [3.05, 3.63) is 70.5 Å². The van der Waals surface area contributed by atoms with Gasteiger partial charge in [-0.2, -0.15) is 26.3 Å². The Morgan fingerprint density at radius 3 is 2.15 bits per heavy atom. The fourth-order valence-electron chi connectivity index (χ4n) is 3.96. The van der Waals surface area contributed by atoms with Crippen LogP contribution in [-0.2, 0) is 17.3 Å². The van der Waals surface area contributed by atoms with Crippen molar-refractivity contribution in [2.75, 3.05) is 7.11 Å². The molecule has 184 valence electrons. The summed E-state index contributed by atoms with van der Waals surface area (Å²) in [6, 6.07) is 1.08. The molecule has 1 aliphatic rings. The summed E-state index contributed by atoms with van der Waals surface area (Å²) in [5.74, 6) is -1.66. The molecule has 0 amide bonds. The summed E-state index contributed by atoms with van der Waals surface area (Å²) in [4.78, 5) is 0. The Kier molecular flexibility index (Phi) is 7.72. The third kappa shape index (κ3) is 7.06.